The van der Waals surface area contributed by atoms with Gasteiger partial charge < -0.3 is 15.1 Å². The van der Waals surface area contributed by atoms with Crippen LogP contribution in [0.15, 0.2) is 29.2 Å². The van der Waals surface area contributed by atoms with Crippen molar-refractivity contribution in [1.29, 1.82) is 0 Å². The Morgan fingerprint density at radius 2 is 1.90 bits per heavy atom. The van der Waals surface area contributed by atoms with E-state index in [-0.39, 0.29) is 28.8 Å². The zero-order valence-electron chi connectivity index (χ0n) is 16.5. The summed E-state index contributed by atoms with van der Waals surface area (Å²) in [6, 6.07) is 6.91. The van der Waals surface area contributed by atoms with Crippen LogP contribution in [0, 0.1) is 5.92 Å². The summed E-state index contributed by atoms with van der Waals surface area (Å²) in [5.74, 6) is 0.448. The zero-order valence-corrected chi connectivity index (χ0v) is 17.3. The van der Waals surface area contributed by atoms with Crippen LogP contribution in [-0.2, 0) is 19.6 Å². The van der Waals surface area contributed by atoms with Gasteiger partial charge in [0.15, 0.2) is 0 Å². The summed E-state index contributed by atoms with van der Waals surface area (Å²) in [6.45, 7) is 2.74. The first-order chi connectivity index (χ1) is 13.9. The van der Waals surface area contributed by atoms with Crippen molar-refractivity contribution in [2.75, 3.05) is 31.5 Å². The van der Waals surface area contributed by atoms with Gasteiger partial charge in [-0.15, -0.1) is 0 Å². The summed E-state index contributed by atoms with van der Waals surface area (Å²) in [5, 5.41) is 3.30. The number of benzene rings is 1. The molecule has 9 heteroatoms. The molecule has 0 aliphatic carbocycles. The fourth-order valence-corrected chi connectivity index (χ4v) is 5.85. The maximum absolute atomic E-state index is 12.5. The Morgan fingerprint density at radius 1 is 1.14 bits per heavy atom. The van der Waals surface area contributed by atoms with Gasteiger partial charge in [0.05, 0.1) is 11.9 Å². The van der Waals surface area contributed by atoms with Gasteiger partial charge in [-0.25, -0.2) is 8.42 Å². The third-order valence-electron chi connectivity index (χ3n) is 6.12. The summed E-state index contributed by atoms with van der Waals surface area (Å²) in [6.07, 6.45) is 3.85. The maximum atomic E-state index is 12.5. The number of fused-ring (bicyclic) bond motifs is 1. The van der Waals surface area contributed by atoms with Crippen LogP contribution in [0.3, 0.4) is 0 Å². The van der Waals surface area contributed by atoms with Gasteiger partial charge in [-0.1, -0.05) is 12.1 Å². The molecule has 0 unspecified atom stereocenters. The minimum Gasteiger partial charge on any atom is -0.368 e. The van der Waals surface area contributed by atoms with Gasteiger partial charge in [0, 0.05) is 39.0 Å². The monoisotopic (exact) mass is 420 g/mol. The molecule has 2 saturated heterocycles. The van der Waals surface area contributed by atoms with Gasteiger partial charge in [0.25, 0.3) is 0 Å². The van der Waals surface area contributed by atoms with E-state index in [9.17, 15) is 18.0 Å². The molecule has 3 aliphatic rings. The van der Waals surface area contributed by atoms with Crippen molar-refractivity contribution < 1.29 is 18.0 Å². The lowest BCUT2D eigenvalue weighted by molar-refractivity contribution is -0.133. The number of para-hydroxylation sites is 1. The first-order valence-corrected chi connectivity index (χ1v) is 11.9. The van der Waals surface area contributed by atoms with Gasteiger partial charge in [0.1, 0.15) is 4.90 Å². The molecule has 29 heavy (non-hydrogen) atoms. The average Bonchev–Trinajstić information content (AvgIpc) is 3.12. The number of carbonyl (C=O) groups is 2. The predicted molar refractivity (Wildman–Crippen MR) is 109 cm³/mol. The van der Waals surface area contributed by atoms with Crippen molar-refractivity contribution in [3.05, 3.63) is 24.3 Å². The van der Waals surface area contributed by atoms with E-state index < -0.39 is 10.0 Å². The van der Waals surface area contributed by atoms with Gasteiger partial charge in [-0.05, 0) is 43.7 Å². The number of carbonyl (C=O) groups excluding carboxylic acids is 2. The first-order valence-electron chi connectivity index (χ1n) is 10.4. The van der Waals surface area contributed by atoms with Crippen molar-refractivity contribution in [3.63, 3.8) is 0 Å². The molecule has 0 aromatic heterocycles. The van der Waals surface area contributed by atoms with Crippen LogP contribution < -0.4 is 10.0 Å². The summed E-state index contributed by atoms with van der Waals surface area (Å²) >= 11 is 0. The van der Waals surface area contributed by atoms with Crippen molar-refractivity contribution in [3.8, 4) is 0 Å². The molecule has 4 rings (SSSR count). The molecule has 1 aromatic carbocycles. The number of rotatable bonds is 5. The Balaban J connectivity index is 1.26. The van der Waals surface area contributed by atoms with Crippen LogP contribution >= 0.6 is 0 Å². The van der Waals surface area contributed by atoms with E-state index in [0.717, 1.165) is 25.8 Å². The third kappa shape index (κ3) is 4.40. The standard InChI is InChI=1S/C20H28N4O4S/c25-18-7-3-11-23(18)12-4-8-19(26)24-13-9-15(10-14-24)20-21-16-5-1-2-6-17(16)29(27,28)22-20/h1-2,5-6,15,20-22H,3-4,7-14H2/t20-/m1/s1. The highest BCUT2D eigenvalue weighted by Crippen LogP contribution is 2.30. The Labute approximate surface area is 171 Å². The highest BCUT2D eigenvalue weighted by molar-refractivity contribution is 7.89. The second-order valence-corrected chi connectivity index (χ2v) is 9.73. The minimum atomic E-state index is -3.52. The van der Waals surface area contributed by atoms with E-state index in [0.29, 0.717) is 44.6 Å². The normalized spacial score (nSPS) is 24.3. The summed E-state index contributed by atoms with van der Waals surface area (Å²) in [4.78, 5) is 28.1. The van der Waals surface area contributed by atoms with Crippen molar-refractivity contribution in [1.82, 2.24) is 14.5 Å². The Morgan fingerprint density at radius 3 is 2.62 bits per heavy atom. The van der Waals surface area contributed by atoms with Crippen LogP contribution in [0.2, 0.25) is 0 Å². The summed E-state index contributed by atoms with van der Waals surface area (Å²) in [5.41, 5.74) is 0.631. The molecule has 3 aliphatic heterocycles. The Hall–Kier alpha value is -2.13. The predicted octanol–water partition coefficient (Wildman–Crippen LogP) is 1.36. The fraction of sp³-hybridized carbons (Fsp3) is 0.600. The van der Waals surface area contributed by atoms with Crippen LogP contribution in [0.25, 0.3) is 0 Å². The number of piperidine rings is 1. The summed E-state index contributed by atoms with van der Waals surface area (Å²) in [7, 11) is -3.52. The lowest BCUT2D eigenvalue weighted by atomic mass is 9.93. The molecule has 2 fully saturated rings. The quantitative estimate of drug-likeness (QED) is 0.749. The van der Waals surface area contributed by atoms with Gasteiger partial charge in [0.2, 0.25) is 21.8 Å². The topological polar surface area (TPSA) is 98.8 Å². The largest absolute Gasteiger partial charge is 0.368 e. The van der Waals surface area contributed by atoms with E-state index in [1.807, 2.05) is 15.9 Å². The highest BCUT2D eigenvalue weighted by atomic mass is 32.2. The molecule has 0 bridgehead atoms. The molecule has 1 aromatic rings. The Kier molecular flexibility index (Phi) is 5.78. The molecular formula is C20H28N4O4S. The van der Waals surface area contributed by atoms with Gasteiger partial charge in [-0.2, -0.15) is 4.72 Å². The van der Waals surface area contributed by atoms with Gasteiger partial charge in [-0.3, -0.25) is 9.59 Å². The van der Waals surface area contributed by atoms with Crippen molar-refractivity contribution >= 4 is 27.5 Å². The van der Waals surface area contributed by atoms with Crippen molar-refractivity contribution in [2.45, 2.75) is 49.6 Å². The molecule has 0 saturated carbocycles. The molecule has 1 atom stereocenters. The zero-order chi connectivity index (χ0) is 20.4. The second-order valence-electron chi connectivity index (χ2n) is 8.05. The number of likely N-dealkylation sites (tertiary alicyclic amines) is 2. The lowest BCUT2D eigenvalue weighted by Gasteiger charge is -2.39. The first kappa shape index (κ1) is 20.2. The van der Waals surface area contributed by atoms with E-state index in [1.54, 1.807) is 18.2 Å². The smallest absolute Gasteiger partial charge is 0.244 e. The number of sulfonamides is 1. The molecular weight excluding hydrogens is 392 g/mol. The van der Waals surface area contributed by atoms with Crippen LogP contribution in [0.1, 0.15) is 38.5 Å². The van der Waals surface area contributed by atoms with E-state index in [2.05, 4.69) is 10.0 Å². The highest BCUT2D eigenvalue weighted by Gasteiger charge is 2.35. The molecule has 8 nitrogen and oxygen atoms in total. The number of anilines is 1. The fourth-order valence-electron chi connectivity index (χ4n) is 4.46. The molecule has 0 spiro atoms. The molecule has 2 amide bonds. The third-order valence-corrected chi connectivity index (χ3v) is 7.62. The van der Waals surface area contributed by atoms with Crippen LogP contribution in [0.5, 0.6) is 0 Å². The number of nitrogens with one attached hydrogen (secondary N) is 2. The van der Waals surface area contributed by atoms with Crippen molar-refractivity contribution in [2.24, 2.45) is 5.92 Å². The summed E-state index contributed by atoms with van der Waals surface area (Å²) < 4.78 is 27.8. The van der Waals surface area contributed by atoms with E-state index in [4.69, 9.17) is 0 Å². The van der Waals surface area contributed by atoms with Crippen LogP contribution in [0.4, 0.5) is 5.69 Å². The molecule has 158 valence electrons. The molecule has 2 N–H and O–H groups in total. The van der Waals surface area contributed by atoms with E-state index >= 15 is 0 Å². The molecule has 0 radical (unpaired) electrons. The van der Waals surface area contributed by atoms with Gasteiger partial charge >= 0.3 is 0 Å². The Bertz CT molecular complexity index is 880. The second kappa shape index (κ2) is 8.31. The SMILES string of the molecule is O=C1CCCN1CCCC(=O)N1CCC([C@@H]2Nc3ccccc3S(=O)(=O)N2)CC1. The number of hydrogen-bond donors (Lipinski definition) is 2. The lowest BCUT2D eigenvalue weighted by Crippen LogP contribution is -2.52. The molecule has 3 heterocycles. The average molecular weight is 421 g/mol. The number of nitrogens with zero attached hydrogens (tertiary/aromatic N) is 2. The maximum Gasteiger partial charge on any atom is 0.244 e. The number of hydrogen-bond acceptors (Lipinski definition) is 5. The van der Waals surface area contributed by atoms with Crippen LogP contribution in [-0.4, -0.2) is 62.4 Å². The number of amides is 2. The van der Waals surface area contributed by atoms with E-state index in [1.165, 1.54) is 0 Å². The minimum absolute atomic E-state index is 0.123.